The van der Waals surface area contributed by atoms with Gasteiger partial charge in [0.1, 0.15) is 0 Å². The van der Waals surface area contributed by atoms with Gasteiger partial charge in [0.2, 0.25) is 10.0 Å². The first kappa shape index (κ1) is 14.4. The van der Waals surface area contributed by atoms with E-state index in [0.717, 1.165) is 5.56 Å². The van der Waals surface area contributed by atoms with Crippen molar-refractivity contribution in [1.82, 2.24) is 4.72 Å². The molecule has 6 heteroatoms. The number of alkyl halides is 1. The van der Waals surface area contributed by atoms with Gasteiger partial charge in [0.25, 0.3) is 0 Å². The molecule has 96 valence electrons. The summed E-state index contributed by atoms with van der Waals surface area (Å²) in [4.78, 5) is 0.273. The van der Waals surface area contributed by atoms with E-state index in [1.807, 2.05) is 13.0 Å². The molecule has 0 atom stereocenters. The standard InChI is InChI=1S/C11H16ClNO3S/c1-10-3-2-4-11(9-10)17(14,15)13-6-8-16-7-5-12/h2-4,9,13H,5-8H2,1H3. The zero-order valence-electron chi connectivity index (χ0n) is 9.65. The van der Waals surface area contributed by atoms with Crippen LogP contribution in [0.3, 0.4) is 0 Å². The summed E-state index contributed by atoms with van der Waals surface area (Å²) < 4.78 is 31.2. The Labute approximate surface area is 107 Å². The largest absolute Gasteiger partial charge is 0.379 e. The second-order valence-corrected chi connectivity index (χ2v) is 5.66. The van der Waals surface area contributed by atoms with Gasteiger partial charge in [-0.3, -0.25) is 0 Å². The predicted octanol–water partition coefficient (Wildman–Crippen LogP) is 1.53. The number of hydrogen-bond donors (Lipinski definition) is 1. The number of nitrogens with one attached hydrogen (secondary N) is 1. The van der Waals surface area contributed by atoms with Gasteiger partial charge in [-0.05, 0) is 24.6 Å². The van der Waals surface area contributed by atoms with Crippen molar-refractivity contribution in [3.8, 4) is 0 Å². The Morgan fingerprint density at radius 2 is 2.12 bits per heavy atom. The fourth-order valence-corrected chi connectivity index (χ4v) is 2.50. The molecule has 0 bridgehead atoms. The fourth-order valence-electron chi connectivity index (χ4n) is 1.27. The molecule has 17 heavy (non-hydrogen) atoms. The number of halogens is 1. The van der Waals surface area contributed by atoms with Gasteiger partial charge in [-0.25, -0.2) is 13.1 Å². The highest BCUT2D eigenvalue weighted by Crippen LogP contribution is 2.10. The summed E-state index contributed by atoms with van der Waals surface area (Å²) in [5.74, 6) is 0.407. The van der Waals surface area contributed by atoms with Crippen molar-refractivity contribution in [3.05, 3.63) is 29.8 Å². The van der Waals surface area contributed by atoms with Crippen LogP contribution in [0.15, 0.2) is 29.2 Å². The molecular weight excluding hydrogens is 262 g/mol. The van der Waals surface area contributed by atoms with Crippen LogP contribution in [-0.2, 0) is 14.8 Å². The minimum absolute atomic E-state index is 0.243. The van der Waals surface area contributed by atoms with Crippen LogP contribution in [0.1, 0.15) is 5.56 Å². The van der Waals surface area contributed by atoms with E-state index in [1.165, 1.54) is 0 Å². The molecule has 0 heterocycles. The maximum atomic E-state index is 11.8. The molecule has 0 amide bonds. The van der Waals surface area contributed by atoms with Crippen molar-refractivity contribution in [3.63, 3.8) is 0 Å². The molecule has 0 radical (unpaired) electrons. The third kappa shape index (κ3) is 5.04. The van der Waals surface area contributed by atoms with Gasteiger partial charge >= 0.3 is 0 Å². The average Bonchev–Trinajstić information content (AvgIpc) is 2.29. The lowest BCUT2D eigenvalue weighted by Crippen LogP contribution is -2.27. The minimum atomic E-state index is -3.43. The molecule has 1 aromatic rings. The maximum Gasteiger partial charge on any atom is 0.240 e. The number of hydrogen-bond acceptors (Lipinski definition) is 3. The first-order chi connectivity index (χ1) is 8.06. The molecule has 0 unspecified atom stereocenters. The SMILES string of the molecule is Cc1cccc(S(=O)(=O)NCCOCCCl)c1. The zero-order valence-corrected chi connectivity index (χ0v) is 11.2. The van der Waals surface area contributed by atoms with Crippen LogP contribution in [0.2, 0.25) is 0 Å². The van der Waals surface area contributed by atoms with Gasteiger partial charge in [0.05, 0.1) is 18.1 Å². The van der Waals surface area contributed by atoms with E-state index in [-0.39, 0.29) is 11.4 Å². The van der Waals surface area contributed by atoms with Crippen molar-refractivity contribution in [2.24, 2.45) is 0 Å². The molecule has 0 aliphatic carbocycles. The number of ether oxygens (including phenoxy) is 1. The average molecular weight is 278 g/mol. The lowest BCUT2D eigenvalue weighted by molar-refractivity contribution is 0.155. The summed E-state index contributed by atoms with van der Waals surface area (Å²) in [6, 6.07) is 6.76. The van der Waals surface area contributed by atoms with Gasteiger partial charge in [-0.1, -0.05) is 12.1 Å². The summed E-state index contributed by atoms with van der Waals surface area (Å²) in [5, 5.41) is 0. The molecule has 1 aromatic carbocycles. The summed E-state index contributed by atoms with van der Waals surface area (Å²) in [6.45, 7) is 2.83. The van der Waals surface area contributed by atoms with E-state index in [0.29, 0.717) is 19.1 Å². The van der Waals surface area contributed by atoms with E-state index in [2.05, 4.69) is 4.72 Å². The van der Waals surface area contributed by atoms with Gasteiger partial charge in [-0.2, -0.15) is 0 Å². The summed E-state index contributed by atoms with van der Waals surface area (Å²) in [7, 11) is -3.43. The maximum absolute atomic E-state index is 11.8. The topological polar surface area (TPSA) is 55.4 Å². The zero-order chi connectivity index (χ0) is 12.7. The number of aryl methyl sites for hydroxylation is 1. The molecule has 4 nitrogen and oxygen atoms in total. The van der Waals surface area contributed by atoms with Crippen LogP contribution >= 0.6 is 11.6 Å². The Morgan fingerprint density at radius 1 is 1.35 bits per heavy atom. The second-order valence-electron chi connectivity index (χ2n) is 3.52. The lowest BCUT2D eigenvalue weighted by atomic mass is 10.2. The first-order valence-corrected chi connectivity index (χ1v) is 7.28. The molecule has 0 fully saturated rings. The first-order valence-electron chi connectivity index (χ1n) is 5.26. The Hall–Kier alpha value is -0.620. The van der Waals surface area contributed by atoms with E-state index in [9.17, 15) is 8.42 Å². The molecule has 0 aliphatic rings. The molecule has 0 aromatic heterocycles. The monoisotopic (exact) mass is 277 g/mol. The van der Waals surface area contributed by atoms with Crippen molar-refractivity contribution in [1.29, 1.82) is 0 Å². The summed E-state index contributed by atoms with van der Waals surface area (Å²) >= 11 is 5.42. The Morgan fingerprint density at radius 3 is 2.76 bits per heavy atom. The van der Waals surface area contributed by atoms with Crippen LogP contribution in [0.5, 0.6) is 0 Å². The molecular formula is C11H16ClNO3S. The van der Waals surface area contributed by atoms with Crippen LogP contribution in [0.25, 0.3) is 0 Å². The lowest BCUT2D eigenvalue weighted by Gasteiger charge is -2.07. The normalized spacial score (nSPS) is 11.6. The number of benzene rings is 1. The van der Waals surface area contributed by atoms with Crippen molar-refractivity contribution in [2.45, 2.75) is 11.8 Å². The number of sulfonamides is 1. The van der Waals surface area contributed by atoms with Gasteiger partial charge < -0.3 is 4.74 Å². The van der Waals surface area contributed by atoms with Gasteiger partial charge in [0, 0.05) is 12.4 Å². The van der Waals surface area contributed by atoms with Crippen LogP contribution < -0.4 is 4.72 Å². The molecule has 0 saturated carbocycles. The third-order valence-corrected chi connectivity index (χ3v) is 3.67. The Balaban J connectivity index is 2.51. The third-order valence-electron chi connectivity index (χ3n) is 2.06. The van der Waals surface area contributed by atoms with Crippen LogP contribution in [0, 0.1) is 6.92 Å². The summed E-state index contributed by atoms with van der Waals surface area (Å²) in [6.07, 6.45) is 0. The summed E-state index contributed by atoms with van der Waals surface area (Å²) in [5.41, 5.74) is 0.909. The van der Waals surface area contributed by atoms with E-state index < -0.39 is 10.0 Å². The number of rotatable bonds is 7. The van der Waals surface area contributed by atoms with Crippen molar-refractivity contribution >= 4 is 21.6 Å². The minimum Gasteiger partial charge on any atom is -0.379 e. The second kappa shape index (κ2) is 6.96. The predicted molar refractivity (Wildman–Crippen MR) is 67.9 cm³/mol. The fraction of sp³-hybridized carbons (Fsp3) is 0.455. The smallest absolute Gasteiger partial charge is 0.240 e. The van der Waals surface area contributed by atoms with Gasteiger partial charge in [0.15, 0.2) is 0 Å². The van der Waals surface area contributed by atoms with E-state index >= 15 is 0 Å². The Bertz CT molecular complexity index is 448. The highest BCUT2D eigenvalue weighted by atomic mass is 35.5. The quantitative estimate of drug-likeness (QED) is 0.607. The molecule has 0 saturated heterocycles. The van der Waals surface area contributed by atoms with Crippen molar-refractivity contribution < 1.29 is 13.2 Å². The molecule has 0 spiro atoms. The van der Waals surface area contributed by atoms with Crippen LogP contribution in [-0.4, -0.2) is 34.1 Å². The Kier molecular flexibility index (Phi) is 5.91. The van der Waals surface area contributed by atoms with Gasteiger partial charge in [-0.15, -0.1) is 11.6 Å². The molecule has 1 rings (SSSR count). The van der Waals surface area contributed by atoms with Crippen molar-refractivity contribution in [2.75, 3.05) is 25.6 Å². The van der Waals surface area contributed by atoms with E-state index in [1.54, 1.807) is 18.2 Å². The van der Waals surface area contributed by atoms with E-state index in [4.69, 9.17) is 16.3 Å². The highest BCUT2D eigenvalue weighted by molar-refractivity contribution is 7.89. The molecule has 0 aliphatic heterocycles. The highest BCUT2D eigenvalue weighted by Gasteiger charge is 2.12. The van der Waals surface area contributed by atoms with Crippen LogP contribution in [0.4, 0.5) is 0 Å². The molecule has 1 N–H and O–H groups in total.